The Hall–Kier alpha value is -2.90. The van der Waals surface area contributed by atoms with Gasteiger partial charge in [0.05, 0.1) is 17.5 Å². The second-order valence-electron chi connectivity index (χ2n) is 9.07. The van der Waals surface area contributed by atoms with Crippen LogP contribution in [0.3, 0.4) is 0 Å². The van der Waals surface area contributed by atoms with Crippen LogP contribution in [0.5, 0.6) is 0 Å². The molecule has 2 N–H and O–H groups in total. The molecule has 1 fully saturated rings. The molecular formula is C25H31N5O2. The molecule has 0 unspecified atom stereocenters. The molecule has 0 aliphatic heterocycles. The number of aliphatic hydroxyl groups is 1. The van der Waals surface area contributed by atoms with Crippen LogP contribution in [-0.4, -0.2) is 51.5 Å². The standard InChI is InChI=1S/C25H31N5O2/c1-5-6-23(31)22-7-15(2)20(13-27-22)21-9-16-12-28-24(10-17(16)11-26-21)29-25(32)19-8-18(19)14-30(3)4/h7,9-13,18-19,23,31H,5-6,8,14H2,1-4H3,(H,28,29,32)/t18-,19+,23-/m0/s1. The summed E-state index contributed by atoms with van der Waals surface area (Å²) in [5.41, 5.74) is 3.45. The number of aliphatic hydroxyl groups excluding tert-OH is 1. The van der Waals surface area contributed by atoms with E-state index < -0.39 is 6.10 Å². The second kappa shape index (κ2) is 9.30. The molecule has 1 aliphatic rings. The Kier molecular flexibility index (Phi) is 6.48. The fourth-order valence-corrected chi connectivity index (χ4v) is 4.16. The van der Waals surface area contributed by atoms with Crippen molar-refractivity contribution in [1.29, 1.82) is 0 Å². The first-order chi connectivity index (χ1) is 15.4. The molecule has 7 nitrogen and oxygen atoms in total. The first kappa shape index (κ1) is 22.3. The summed E-state index contributed by atoms with van der Waals surface area (Å²) < 4.78 is 0. The Bertz CT molecular complexity index is 1130. The first-order valence-corrected chi connectivity index (χ1v) is 11.2. The molecule has 7 heteroatoms. The Morgan fingerprint density at radius 3 is 2.62 bits per heavy atom. The number of fused-ring (bicyclic) bond motifs is 1. The van der Waals surface area contributed by atoms with Gasteiger partial charge in [-0.2, -0.15) is 0 Å². The van der Waals surface area contributed by atoms with E-state index in [-0.39, 0.29) is 11.8 Å². The Morgan fingerprint density at radius 2 is 1.91 bits per heavy atom. The van der Waals surface area contributed by atoms with Gasteiger partial charge in [-0.25, -0.2) is 4.98 Å². The number of aromatic nitrogens is 3. The molecule has 3 heterocycles. The molecule has 3 aromatic rings. The van der Waals surface area contributed by atoms with Crippen molar-refractivity contribution in [2.24, 2.45) is 11.8 Å². The summed E-state index contributed by atoms with van der Waals surface area (Å²) >= 11 is 0. The molecule has 0 spiro atoms. The van der Waals surface area contributed by atoms with E-state index in [0.717, 1.165) is 47.0 Å². The molecule has 3 atom stereocenters. The molecular weight excluding hydrogens is 402 g/mol. The molecule has 0 bridgehead atoms. The zero-order chi connectivity index (χ0) is 22.8. The molecule has 1 saturated carbocycles. The van der Waals surface area contributed by atoms with Crippen LogP contribution in [0.15, 0.2) is 36.8 Å². The number of hydrogen-bond donors (Lipinski definition) is 2. The van der Waals surface area contributed by atoms with E-state index >= 15 is 0 Å². The van der Waals surface area contributed by atoms with Gasteiger partial charge in [0, 0.05) is 47.4 Å². The minimum atomic E-state index is -0.538. The van der Waals surface area contributed by atoms with Gasteiger partial charge >= 0.3 is 0 Å². The number of carbonyl (C=O) groups is 1. The van der Waals surface area contributed by atoms with Gasteiger partial charge in [-0.3, -0.25) is 14.8 Å². The number of pyridine rings is 3. The highest BCUT2D eigenvalue weighted by atomic mass is 16.3. The summed E-state index contributed by atoms with van der Waals surface area (Å²) in [6, 6.07) is 5.77. The maximum atomic E-state index is 12.5. The fraction of sp³-hybridized carbons (Fsp3) is 0.440. The predicted octanol–water partition coefficient (Wildman–Crippen LogP) is 3.97. The van der Waals surface area contributed by atoms with Crippen molar-refractivity contribution in [2.75, 3.05) is 26.0 Å². The van der Waals surface area contributed by atoms with Gasteiger partial charge in [-0.1, -0.05) is 13.3 Å². The largest absolute Gasteiger partial charge is 0.387 e. The van der Waals surface area contributed by atoms with Gasteiger partial charge in [-0.15, -0.1) is 0 Å². The zero-order valence-corrected chi connectivity index (χ0v) is 19.2. The minimum absolute atomic E-state index is 0.0420. The summed E-state index contributed by atoms with van der Waals surface area (Å²) in [5, 5.41) is 15.0. The lowest BCUT2D eigenvalue weighted by Crippen LogP contribution is -2.20. The lowest BCUT2D eigenvalue weighted by atomic mass is 10.0. The highest BCUT2D eigenvalue weighted by Gasteiger charge is 2.43. The number of nitrogens with one attached hydrogen (secondary N) is 1. The van der Waals surface area contributed by atoms with E-state index in [4.69, 9.17) is 0 Å². The van der Waals surface area contributed by atoms with E-state index in [1.807, 2.05) is 46.1 Å². The van der Waals surface area contributed by atoms with Crippen LogP contribution in [0.1, 0.15) is 43.5 Å². The van der Waals surface area contributed by atoms with Crippen molar-refractivity contribution in [1.82, 2.24) is 19.9 Å². The van der Waals surface area contributed by atoms with Gasteiger partial charge in [0.25, 0.3) is 0 Å². The normalized spacial score (nSPS) is 18.7. The molecule has 1 aliphatic carbocycles. The maximum Gasteiger partial charge on any atom is 0.228 e. The lowest BCUT2D eigenvalue weighted by molar-refractivity contribution is -0.117. The van der Waals surface area contributed by atoms with Crippen LogP contribution in [0.2, 0.25) is 0 Å². The van der Waals surface area contributed by atoms with Gasteiger partial charge in [-0.05, 0) is 63.5 Å². The van der Waals surface area contributed by atoms with Crippen LogP contribution < -0.4 is 5.32 Å². The maximum absolute atomic E-state index is 12.5. The van der Waals surface area contributed by atoms with Crippen molar-refractivity contribution < 1.29 is 9.90 Å². The molecule has 0 saturated heterocycles. The van der Waals surface area contributed by atoms with E-state index in [1.54, 1.807) is 18.6 Å². The van der Waals surface area contributed by atoms with Crippen molar-refractivity contribution in [3.05, 3.63) is 48.0 Å². The summed E-state index contributed by atoms with van der Waals surface area (Å²) in [6.07, 6.45) is 7.34. The molecule has 1 amide bonds. The summed E-state index contributed by atoms with van der Waals surface area (Å²) in [7, 11) is 4.06. The summed E-state index contributed by atoms with van der Waals surface area (Å²) in [6.45, 7) is 4.98. The average molecular weight is 434 g/mol. The topological polar surface area (TPSA) is 91.2 Å². The smallest absolute Gasteiger partial charge is 0.228 e. The fourth-order valence-electron chi connectivity index (χ4n) is 4.16. The van der Waals surface area contributed by atoms with Crippen molar-refractivity contribution in [2.45, 2.75) is 39.2 Å². The van der Waals surface area contributed by atoms with E-state index in [9.17, 15) is 9.90 Å². The summed E-state index contributed by atoms with van der Waals surface area (Å²) in [4.78, 5) is 28.1. The molecule has 4 rings (SSSR count). The Morgan fingerprint density at radius 1 is 1.16 bits per heavy atom. The van der Waals surface area contributed by atoms with E-state index in [1.165, 1.54) is 0 Å². The minimum Gasteiger partial charge on any atom is -0.387 e. The van der Waals surface area contributed by atoms with Gasteiger partial charge in [0.15, 0.2) is 0 Å². The number of amides is 1. The molecule has 0 aromatic carbocycles. The number of nitrogens with zero attached hydrogens (tertiary/aromatic N) is 4. The van der Waals surface area contributed by atoms with Crippen LogP contribution in [0.4, 0.5) is 5.82 Å². The SMILES string of the molecule is CCC[C@H](O)c1cc(C)c(-c2cc3cnc(NC(=O)[C@@H]4C[C@H]4CN(C)C)cc3cn2)cn1. The first-order valence-electron chi connectivity index (χ1n) is 11.2. The highest BCUT2D eigenvalue weighted by Crippen LogP contribution is 2.39. The monoisotopic (exact) mass is 433 g/mol. The van der Waals surface area contributed by atoms with E-state index in [0.29, 0.717) is 23.9 Å². The molecule has 0 radical (unpaired) electrons. The molecule has 168 valence electrons. The van der Waals surface area contributed by atoms with Gasteiger partial charge in [0.1, 0.15) is 5.82 Å². The molecule has 32 heavy (non-hydrogen) atoms. The highest BCUT2D eigenvalue weighted by molar-refractivity contribution is 5.96. The number of hydrogen-bond acceptors (Lipinski definition) is 6. The summed E-state index contributed by atoms with van der Waals surface area (Å²) in [5.74, 6) is 1.10. The van der Waals surface area contributed by atoms with Gasteiger partial charge in [0.2, 0.25) is 5.91 Å². The van der Waals surface area contributed by atoms with Crippen LogP contribution >= 0.6 is 0 Å². The van der Waals surface area contributed by atoms with Crippen LogP contribution in [0, 0.1) is 18.8 Å². The van der Waals surface area contributed by atoms with Crippen molar-refractivity contribution >= 4 is 22.5 Å². The lowest BCUT2D eigenvalue weighted by Gasteiger charge is -2.12. The van der Waals surface area contributed by atoms with E-state index in [2.05, 4.69) is 25.2 Å². The van der Waals surface area contributed by atoms with Crippen LogP contribution in [-0.2, 0) is 4.79 Å². The zero-order valence-electron chi connectivity index (χ0n) is 19.2. The van der Waals surface area contributed by atoms with Crippen LogP contribution in [0.25, 0.3) is 22.0 Å². The number of rotatable bonds is 8. The second-order valence-corrected chi connectivity index (χ2v) is 9.07. The third kappa shape index (κ3) is 4.95. The third-order valence-corrected chi connectivity index (χ3v) is 6.02. The number of carbonyl (C=O) groups excluding carboxylic acids is 1. The Balaban J connectivity index is 1.49. The molecule has 3 aromatic heterocycles. The number of aryl methyl sites for hydroxylation is 1. The Labute approximate surface area is 188 Å². The van der Waals surface area contributed by atoms with Crippen molar-refractivity contribution in [3.8, 4) is 11.3 Å². The van der Waals surface area contributed by atoms with Crippen molar-refractivity contribution in [3.63, 3.8) is 0 Å². The average Bonchev–Trinajstić information content (AvgIpc) is 3.52. The third-order valence-electron chi connectivity index (χ3n) is 6.02. The quantitative estimate of drug-likeness (QED) is 0.559. The van der Waals surface area contributed by atoms with Gasteiger partial charge < -0.3 is 15.3 Å². The predicted molar refractivity (Wildman–Crippen MR) is 126 cm³/mol. The number of anilines is 1.